The molecule has 0 spiro atoms. The van der Waals surface area contributed by atoms with Crippen LogP contribution in [0.4, 0.5) is 0 Å². The number of ether oxygens (including phenoxy) is 2. The second kappa shape index (κ2) is 8.08. The van der Waals surface area contributed by atoms with Gasteiger partial charge in [-0.05, 0) is 122 Å². The number of rotatable bonds is 3. The Kier molecular flexibility index (Phi) is 5.96. The minimum atomic E-state index is -0.286. The van der Waals surface area contributed by atoms with Crippen LogP contribution >= 0.6 is 0 Å². The second-order valence-corrected chi connectivity index (χ2v) is 14.9. The minimum Gasteiger partial charge on any atom is -0.469 e. The Balaban J connectivity index is 1.55. The number of carbonyl (C=O) groups is 1. The third-order valence-electron chi connectivity index (χ3n) is 13.9. The number of fused-ring (bicyclic) bond motifs is 7. The molecule has 0 unspecified atom stereocenters. The largest absolute Gasteiger partial charge is 0.469 e. The van der Waals surface area contributed by atoms with Gasteiger partial charge in [-0.25, -0.2) is 0 Å². The van der Waals surface area contributed by atoms with Gasteiger partial charge in [0.25, 0.3) is 0 Å². The molecule has 35 heavy (non-hydrogen) atoms. The van der Waals surface area contributed by atoms with Gasteiger partial charge in [0.1, 0.15) is 0 Å². The lowest BCUT2D eigenvalue weighted by Gasteiger charge is -2.72. The quantitative estimate of drug-likeness (QED) is 0.302. The van der Waals surface area contributed by atoms with E-state index in [0.717, 1.165) is 31.1 Å². The molecule has 5 aliphatic carbocycles. The first-order chi connectivity index (χ1) is 16.3. The zero-order valence-electron chi connectivity index (χ0n) is 24.0. The molecule has 10 atom stereocenters. The average Bonchev–Trinajstić information content (AvgIpc) is 3.20. The average molecular weight is 485 g/mol. The first kappa shape index (κ1) is 25.8. The van der Waals surface area contributed by atoms with Gasteiger partial charge in [0.05, 0.1) is 18.6 Å². The molecule has 0 radical (unpaired) electrons. The molecular weight excluding hydrogens is 432 g/mol. The van der Waals surface area contributed by atoms with Crippen molar-refractivity contribution in [2.24, 2.45) is 56.7 Å². The summed E-state index contributed by atoms with van der Waals surface area (Å²) >= 11 is 0. The molecule has 0 saturated heterocycles. The lowest BCUT2D eigenvalue weighted by molar-refractivity contribution is -0.250. The molecular formula is C32H52O3. The fourth-order valence-electron chi connectivity index (χ4n) is 12.1. The summed E-state index contributed by atoms with van der Waals surface area (Å²) in [6.07, 6.45) is 12.3. The maximum atomic E-state index is 13.4. The van der Waals surface area contributed by atoms with Crippen LogP contribution in [0.1, 0.15) is 106 Å². The molecule has 5 fully saturated rings. The Bertz CT molecular complexity index is 891. The smallest absolute Gasteiger partial charge is 0.312 e. The minimum absolute atomic E-state index is 0.0656. The maximum absolute atomic E-state index is 13.4. The van der Waals surface area contributed by atoms with Crippen LogP contribution in [0.3, 0.4) is 0 Å². The van der Waals surface area contributed by atoms with Crippen LogP contribution in [0, 0.1) is 56.7 Å². The topological polar surface area (TPSA) is 35.5 Å². The molecule has 198 valence electrons. The van der Waals surface area contributed by atoms with Gasteiger partial charge < -0.3 is 9.47 Å². The van der Waals surface area contributed by atoms with E-state index in [1.54, 1.807) is 7.11 Å². The van der Waals surface area contributed by atoms with Crippen molar-refractivity contribution in [3.63, 3.8) is 0 Å². The van der Waals surface area contributed by atoms with Gasteiger partial charge in [0.15, 0.2) is 0 Å². The van der Waals surface area contributed by atoms with Crippen molar-refractivity contribution in [2.75, 3.05) is 14.2 Å². The second-order valence-electron chi connectivity index (χ2n) is 14.9. The van der Waals surface area contributed by atoms with E-state index in [1.807, 2.05) is 7.11 Å². The predicted molar refractivity (Wildman–Crippen MR) is 142 cm³/mol. The fraction of sp³-hybridized carbons (Fsp3) is 0.906. The number of methoxy groups -OCH3 is 2. The van der Waals surface area contributed by atoms with Crippen molar-refractivity contribution in [1.29, 1.82) is 0 Å². The summed E-state index contributed by atoms with van der Waals surface area (Å²) in [5.41, 5.74) is 2.19. The predicted octanol–water partition coefficient (Wildman–Crippen LogP) is 7.83. The van der Waals surface area contributed by atoms with Crippen LogP contribution in [0.2, 0.25) is 0 Å². The molecule has 0 aromatic heterocycles. The summed E-state index contributed by atoms with van der Waals surface area (Å²) < 4.78 is 11.6. The van der Waals surface area contributed by atoms with E-state index in [9.17, 15) is 4.79 Å². The van der Waals surface area contributed by atoms with E-state index >= 15 is 0 Å². The monoisotopic (exact) mass is 484 g/mol. The summed E-state index contributed by atoms with van der Waals surface area (Å²) in [6, 6.07) is 0. The zero-order chi connectivity index (χ0) is 25.6. The molecule has 5 aliphatic rings. The van der Waals surface area contributed by atoms with Crippen molar-refractivity contribution in [3.8, 4) is 0 Å². The van der Waals surface area contributed by atoms with Gasteiger partial charge in [0, 0.05) is 7.11 Å². The summed E-state index contributed by atoms with van der Waals surface area (Å²) in [4.78, 5) is 13.4. The van der Waals surface area contributed by atoms with Crippen LogP contribution in [0.15, 0.2) is 12.2 Å². The third kappa shape index (κ3) is 3.09. The standard InChI is InChI=1S/C32H52O3/c1-20(2)21-12-17-32(27(33)35-9)19-18-30(6)22(26(21)32)10-11-24-29(5)15-14-25(34-8)28(3,4)23(29)13-16-31(24,30)7/h21-26H,1,10-19H2,2-9H3/t21-,22+,23-,24+,25+,26+,29-,30+,31+,32-/m0/s1. The van der Waals surface area contributed by atoms with Crippen molar-refractivity contribution < 1.29 is 14.3 Å². The molecule has 0 N–H and O–H groups in total. The molecule has 0 aromatic carbocycles. The highest BCUT2D eigenvalue weighted by atomic mass is 16.5. The van der Waals surface area contributed by atoms with Crippen LogP contribution in [-0.2, 0) is 14.3 Å². The Hall–Kier alpha value is -0.830. The summed E-state index contributed by atoms with van der Waals surface area (Å²) in [5.74, 6) is 2.99. The highest BCUT2D eigenvalue weighted by Gasteiger charge is 2.72. The van der Waals surface area contributed by atoms with Gasteiger partial charge in [-0.1, -0.05) is 46.8 Å². The van der Waals surface area contributed by atoms with E-state index in [0.29, 0.717) is 34.7 Å². The molecule has 0 aromatic rings. The zero-order valence-corrected chi connectivity index (χ0v) is 24.0. The highest BCUT2D eigenvalue weighted by Crippen LogP contribution is 2.77. The van der Waals surface area contributed by atoms with Crippen LogP contribution in [-0.4, -0.2) is 26.3 Å². The first-order valence-electron chi connectivity index (χ1n) is 14.6. The Morgan fingerprint density at radius 3 is 2.14 bits per heavy atom. The van der Waals surface area contributed by atoms with Crippen LogP contribution < -0.4 is 0 Å². The number of hydrogen-bond donors (Lipinski definition) is 0. The van der Waals surface area contributed by atoms with Crippen molar-refractivity contribution in [2.45, 2.75) is 112 Å². The third-order valence-corrected chi connectivity index (χ3v) is 13.9. The normalized spacial score (nSPS) is 52.5. The Morgan fingerprint density at radius 2 is 1.51 bits per heavy atom. The summed E-state index contributed by atoms with van der Waals surface area (Å²) in [7, 11) is 3.53. The number of hydrogen-bond acceptors (Lipinski definition) is 3. The first-order valence-corrected chi connectivity index (χ1v) is 14.6. The lowest BCUT2D eigenvalue weighted by Crippen LogP contribution is -2.67. The molecule has 0 bridgehead atoms. The van der Waals surface area contributed by atoms with Crippen LogP contribution in [0.25, 0.3) is 0 Å². The van der Waals surface area contributed by atoms with E-state index in [2.05, 4.69) is 48.1 Å². The van der Waals surface area contributed by atoms with E-state index in [4.69, 9.17) is 9.47 Å². The van der Waals surface area contributed by atoms with E-state index in [-0.39, 0.29) is 22.2 Å². The Labute approximate surface area is 215 Å². The van der Waals surface area contributed by atoms with Gasteiger partial charge >= 0.3 is 5.97 Å². The number of allylic oxidation sites excluding steroid dienone is 1. The van der Waals surface area contributed by atoms with Crippen molar-refractivity contribution >= 4 is 5.97 Å². The molecule has 5 rings (SSSR count). The van der Waals surface area contributed by atoms with Gasteiger partial charge in [0.2, 0.25) is 0 Å². The molecule has 0 aliphatic heterocycles. The Morgan fingerprint density at radius 1 is 0.800 bits per heavy atom. The van der Waals surface area contributed by atoms with Gasteiger partial charge in [-0.15, -0.1) is 0 Å². The van der Waals surface area contributed by atoms with Crippen molar-refractivity contribution in [1.82, 2.24) is 0 Å². The van der Waals surface area contributed by atoms with E-state index < -0.39 is 0 Å². The SMILES string of the molecule is C=C(C)[C@@H]1CC[C@]2(C(=O)OC)CC[C@]3(C)[C@H](CC[C@@H]4[C@@]5(C)CC[C@@H](OC)C(C)(C)[C@@H]5CC[C@]43C)[C@@H]12. The van der Waals surface area contributed by atoms with E-state index in [1.165, 1.54) is 50.5 Å². The van der Waals surface area contributed by atoms with Gasteiger partial charge in [-0.3, -0.25) is 4.79 Å². The molecule has 0 heterocycles. The molecule has 5 saturated carbocycles. The van der Waals surface area contributed by atoms with Gasteiger partial charge in [-0.2, -0.15) is 0 Å². The lowest BCUT2D eigenvalue weighted by atomic mass is 9.32. The molecule has 0 amide bonds. The highest BCUT2D eigenvalue weighted by molar-refractivity contribution is 5.78. The van der Waals surface area contributed by atoms with Crippen LogP contribution in [0.5, 0.6) is 0 Å². The molecule has 3 heteroatoms. The number of carbonyl (C=O) groups excluding carboxylic acids is 1. The summed E-state index contributed by atoms with van der Waals surface area (Å²) in [5, 5.41) is 0. The number of esters is 1. The fourth-order valence-corrected chi connectivity index (χ4v) is 12.1. The van der Waals surface area contributed by atoms with Crippen molar-refractivity contribution in [3.05, 3.63) is 12.2 Å². The molecule has 3 nitrogen and oxygen atoms in total. The summed E-state index contributed by atoms with van der Waals surface area (Å²) in [6.45, 7) is 19.6. The maximum Gasteiger partial charge on any atom is 0.312 e.